The summed E-state index contributed by atoms with van der Waals surface area (Å²) in [5.41, 5.74) is 0.858. The molecule has 8 atom stereocenters. The van der Waals surface area contributed by atoms with Crippen LogP contribution in [0.1, 0.15) is 91.4 Å². The van der Waals surface area contributed by atoms with Crippen molar-refractivity contribution >= 4 is 11.8 Å². The maximum Gasteiger partial charge on any atom is 0.305 e. The number of ketones is 1. The molecule has 3 heteroatoms. The van der Waals surface area contributed by atoms with Crippen LogP contribution in [-0.2, 0) is 14.3 Å². The third-order valence-electron chi connectivity index (χ3n) is 10.3. The molecular weight excluding hydrogens is 348 g/mol. The van der Waals surface area contributed by atoms with E-state index < -0.39 is 0 Å². The van der Waals surface area contributed by atoms with Crippen molar-refractivity contribution in [2.75, 3.05) is 7.11 Å². The van der Waals surface area contributed by atoms with Gasteiger partial charge in [0.25, 0.3) is 0 Å². The SMILES string of the molecule is COC(=O)CC[C@@H](C)C1CC[C@H]2[C@@H]3CC[C@@H]4CC(=O)CCC4(C)C3CCC12C. The zero-order chi connectivity index (χ0) is 20.1. The van der Waals surface area contributed by atoms with Crippen LogP contribution in [0.5, 0.6) is 0 Å². The Kier molecular flexibility index (Phi) is 5.42. The molecule has 0 aromatic heterocycles. The van der Waals surface area contributed by atoms with Crippen LogP contribution in [0.2, 0.25) is 0 Å². The van der Waals surface area contributed by atoms with Crippen LogP contribution in [0.25, 0.3) is 0 Å². The second-order valence-corrected chi connectivity index (χ2v) is 11.2. The van der Waals surface area contributed by atoms with Crippen molar-refractivity contribution in [2.45, 2.75) is 91.4 Å². The number of rotatable bonds is 4. The van der Waals surface area contributed by atoms with Gasteiger partial charge in [0.1, 0.15) is 5.78 Å². The van der Waals surface area contributed by atoms with E-state index in [9.17, 15) is 9.59 Å². The van der Waals surface area contributed by atoms with E-state index in [1.165, 1.54) is 45.6 Å². The lowest BCUT2D eigenvalue weighted by Crippen LogP contribution is -2.53. The van der Waals surface area contributed by atoms with Gasteiger partial charge in [0.2, 0.25) is 0 Å². The number of hydrogen-bond donors (Lipinski definition) is 0. The van der Waals surface area contributed by atoms with Crippen molar-refractivity contribution in [1.29, 1.82) is 0 Å². The predicted octanol–water partition coefficient (Wildman–Crippen LogP) is 5.80. The molecule has 158 valence electrons. The van der Waals surface area contributed by atoms with Crippen molar-refractivity contribution in [1.82, 2.24) is 0 Å². The smallest absolute Gasteiger partial charge is 0.305 e. The van der Waals surface area contributed by atoms with Crippen molar-refractivity contribution in [3.8, 4) is 0 Å². The highest BCUT2D eigenvalue weighted by atomic mass is 16.5. The van der Waals surface area contributed by atoms with E-state index in [2.05, 4.69) is 20.8 Å². The molecule has 4 fully saturated rings. The van der Waals surface area contributed by atoms with Gasteiger partial charge in [0.15, 0.2) is 0 Å². The monoisotopic (exact) mass is 388 g/mol. The third-order valence-corrected chi connectivity index (χ3v) is 10.3. The molecule has 0 radical (unpaired) electrons. The average molecular weight is 389 g/mol. The maximum absolute atomic E-state index is 12.1. The first kappa shape index (κ1) is 20.4. The van der Waals surface area contributed by atoms with Gasteiger partial charge in [-0.1, -0.05) is 20.8 Å². The van der Waals surface area contributed by atoms with Crippen LogP contribution in [0.15, 0.2) is 0 Å². The van der Waals surface area contributed by atoms with Gasteiger partial charge in [-0.05, 0) is 97.7 Å². The number of esters is 1. The van der Waals surface area contributed by atoms with Crippen molar-refractivity contribution in [3.05, 3.63) is 0 Å². The van der Waals surface area contributed by atoms with Gasteiger partial charge in [0.05, 0.1) is 7.11 Å². The molecule has 0 aromatic carbocycles. The minimum atomic E-state index is -0.0617. The van der Waals surface area contributed by atoms with Gasteiger partial charge in [0, 0.05) is 19.3 Å². The van der Waals surface area contributed by atoms with Gasteiger partial charge in [-0.3, -0.25) is 9.59 Å². The Morgan fingerprint density at radius 3 is 2.57 bits per heavy atom. The first-order chi connectivity index (χ1) is 13.3. The standard InChI is InChI=1S/C25H40O3/c1-16(5-10-23(27)28-4)20-8-9-21-19-7-6-17-15-18(26)11-13-24(17,2)22(19)12-14-25(20,21)3/h16-17,19-22H,5-15H2,1-4H3/t16-,17-,19+,20?,21+,22?,24?,25?/m1/s1. The summed E-state index contributed by atoms with van der Waals surface area (Å²) < 4.78 is 4.87. The molecule has 0 spiro atoms. The molecule has 4 aliphatic carbocycles. The Labute approximate surface area is 171 Å². The second kappa shape index (κ2) is 7.43. The van der Waals surface area contributed by atoms with Gasteiger partial charge in [-0.2, -0.15) is 0 Å². The third kappa shape index (κ3) is 3.16. The Morgan fingerprint density at radius 1 is 1.07 bits per heavy atom. The summed E-state index contributed by atoms with van der Waals surface area (Å²) in [6.07, 6.45) is 12.4. The minimum Gasteiger partial charge on any atom is -0.469 e. The molecule has 4 aliphatic rings. The molecule has 28 heavy (non-hydrogen) atoms. The highest BCUT2D eigenvalue weighted by Crippen LogP contribution is 2.68. The van der Waals surface area contributed by atoms with Crippen LogP contribution < -0.4 is 0 Å². The summed E-state index contributed by atoms with van der Waals surface area (Å²) in [5.74, 6) is 5.01. The van der Waals surface area contributed by atoms with E-state index >= 15 is 0 Å². The van der Waals surface area contributed by atoms with Crippen LogP contribution in [-0.4, -0.2) is 18.9 Å². The fourth-order valence-electron chi connectivity index (χ4n) is 8.67. The lowest BCUT2D eigenvalue weighted by Gasteiger charge is -2.60. The van der Waals surface area contributed by atoms with Crippen LogP contribution in [0.3, 0.4) is 0 Å². The zero-order valence-electron chi connectivity index (χ0n) is 18.5. The fourth-order valence-corrected chi connectivity index (χ4v) is 8.67. The summed E-state index contributed by atoms with van der Waals surface area (Å²) in [6, 6.07) is 0. The number of carbonyl (C=O) groups is 2. The molecule has 0 aliphatic heterocycles. The molecule has 0 aromatic rings. The number of ether oxygens (including phenoxy) is 1. The molecule has 4 saturated carbocycles. The molecule has 4 unspecified atom stereocenters. The first-order valence-corrected chi connectivity index (χ1v) is 11.9. The highest BCUT2D eigenvalue weighted by Gasteiger charge is 2.60. The largest absolute Gasteiger partial charge is 0.469 e. The lowest BCUT2D eigenvalue weighted by atomic mass is 9.44. The minimum absolute atomic E-state index is 0.0617. The Bertz CT molecular complexity index is 627. The second-order valence-electron chi connectivity index (χ2n) is 11.2. The van der Waals surface area contributed by atoms with Crippen molar-refractivity contribution in [3.63, 3.8) is 0 Å². The quantitative estimate of drug-likeness (QED) is 0.571. The molecule has 0 amide bonds. The van der Waals surface area contributed by atoms with Crippen LogP contribution >= 0.6 is 0 Å². The fraction of sp³-hybridized carbons (Fsp3) is 0.920. The van der Waals surface area contributed by atoms with E-state index in [-0.39, 0.29) is 5.97 Å². The number of fused-ring (bicyclic) bond motifs is 5. The Balaban J connectivity index is 1.49. The van der Waals surface area contributed by atoms with Gasteiger partial charge in [-0.15, -0.1) is 0 Å². The lowest BCUT2D eigenvalue weighted by molar-refractivity contribution is -0.141. The molecule has 0 saturated heterocycles. The molecule has 0 bridgehead atoms. The highest BCUT2D eigenvalue weighted by molar-refractivity contribution is 5.79. The molecule has 0 N–H and O–H groups in total. The molecule has 0 heterocycles. The molecule has 4 rings (SSSR count). The van der Waals surface area contributed by atoms with Crippen LogP contribution in [0.4, 0.5) is 0 Å². The molecule has 3 nitrogen and oxygen atoms in total. The number of hydrogen-bond acceptors (Lipinski definition) is 3. The summed E-state index contributed by atoms with van der Waals surface area (Å²) in [4.78, 5) is 23.7. The topological polar surface area (TPSA) is 43.4 Å². The van der Waals surface area contributed by atoms with Crippen molar-refractivity contribution in [2.24, 2.45) is 46.3 Å². The summed E-state index contributed by atoms with van der Waals surface area (Å²) in [7, 11) is 1.50. The van der Waals surface area contributed by atoms with E-state index in [0.29, 0.717) is 34.9 Å². The van der Waals surface area contributed by atoms with E-state index in [1.807, 2.05) is 0 Å². The zero-order valence-corrected chi connectivity index (χ0v) is 18.5. The average Bonchev–Trinajstić information content (AvgIpc) is 3.03. The van der Waals surface area contributed by atoms with E-state index in [1.54, 1.807) is 0 Å². The van der Waals surface area contributed by atoms with Crippen LogP contribution in [0, 0.1) is 46.3 Å². The Hall–Kier alpha value is -0.860. The van der Waals surface area contributed by atoms with Gasteiger partial charge in [-0.25, -0.2) is 0 Å². The predicted molar refractivity (Wildman–Crippen MR) is 111 cm³/mol. The summed E-state index contributed by atoms with van der Waals surface area (Å²) in [6.45, 7) is 7.49. The Morgan fingerprint density at radius 2 is 1.82 bits per heavy atom. The summed E-state index contributed by atoms with van der Waals surface area (Å²) >= 11 is 0. The van der Waals surface area contributed by atoms with Gasteiger partial charge < -0.3 is 4.74 Å². The number of Topliss-reactive ketones (excluding diaryl/α,β-unsaturated/α-hetero) is 1. The van der Waals surface area contributed by atoms with Gasteiger partial charge >= 0.3 is 5.97 Å². The molecular formula is C25H40O3. The number of methoxy groups -OCH3 is 1. The maximum atomic E-state index is 12.1. The van der Waals surface area contributed by atoms with E-state index in [4.69, 9.17) is 4.74 Å². The van der Waals surface area contributed by atoms with E-state index in [0.717, 1.165) is 49.4 Å². The summed E-state index contributed by atoms with van der Waals surface area (Å²) in [5, 5.41) is 0. The van der Waals surface area contributed by atoms with Crippen molar-refractivity contribution < 1.29 is 14.3 Å². The first-order valence-electron chi connectivity index (χ1n) is 11.9. The number of carbonyl (C=O) groups excluding carboxylic acids is 2. The normalized spacial score (nSPS) is 46.3.